The third-order valence-electron chi connectivity index (χ3n) is 3.00. The molecule has 0 aliphatic rings. The highest BCUT2D eigenvalue weighted by Gasteiger charge is 2.08. The first-order valence-corrected chi connectivity index (χ1v) is 6.68. The van der Waals surface area contributed by atoms with E-state index in [4.69, 9.17) is 10.5 Å². The molecule has 106 valence electrons. The first-order chi connectivity index (χ1) is 9.74. The molecule has 0 spiro atoms. The number of nitrogens with zero attached hydrogens (tertiary/aromatic N) is 3. The van der Waals surface area contributed by atoms with Crippen LogP contribution >= 0.6 is 0 Å². The molecular formula is C15H20N4O. The van der Waals surface area contributed by atoms with Gasteiger partial charge >= 0.3 is 0 Å². The highest BCUT2D eigenvalue weighted by molar-refractivity contribution is 5.35. The molecule has 0 atom stereocenters. The quantitative estimate of drug-likeness (QED) is 0.871. The van der Waals surface area contributed by atoms with E-state index >= 15 is 0 Å². The number of aromatic nitrogens is 2. The monoisotopic (exact) mass is 272 g/mol. The maximum Gasteiger partial charge on any atom is 0.228 e. The lowest BCUT2D eigenvalue weighted by atomic mass is 10.1. The van der Waals surface area contributed by atoms with Gasteiger partial charge in [0, 0.05) is 32.4 Å². The molecule has 0 saturated heterocycles. The maximum absolute atomic E-state index is 5.76. The third-order valence-corrected chi connectivity index (χ3v) is 3.00. The minimum Gasteiger partial charge on any atom is -0.478 e. The number of benzene rings is 1. The van der Waals surface area contributed by atoms with E-state index in [1.54, 1.807) is 12.3 Å². The van der Waals surface area contributed by atoms with Crippen LogP contribution in [-0.2, 0) is 13.1 Å². The van der Waals surface area contributed by atoms with Gasteiger partial charge in [-0.15, -0.1) is 0 Å². The average Bonchev–Trinajstić information content (AvgIpc) is 2.48. The van der Waals surface area contributed by atoms with Crippen molar-refractivity contribution in [3.05, 3.63) is 47.7 Å². The molecule has 0 bridgehead atoms. The first-order valence-electron chi connectivity index (χ1n) is 6.68. The summed E-state index contributed by atoms with van der Waals surface area (Å²) in [6, 6.07) is 9.89. The van der Waals surface area contributed by atoms with Crippen molar-refractivity contribution in [3.63, 3.8) is 0 Å². The van der Waals surface area contributed by atoms with Crippen LogP contribution in [0.1, 0.15) is 18.1 Å². The molecule has 2 rings (SSSR count). The number of nitrogens with two attached hydrogens (primary N) is 1. The summed E-state index contributed by atoms with van der Waals surface area (Å²) < 4.78 is 5.39. The van der Waals surface area contributed by atoms with Gasteiger partial charge in [-0.25, -0.2) is 4.98 Å². The maximum atomic E-state index is 5.76. The molecule has 1 heterocycles. The van der Waals surface area contributed by atoms with Gasteiger partial charge in [-0.1, -0.05) is 24.3 Å². The standard InChI is InChI=1S/C15H20N4O/c1-3-20-14-8-9-17-15(18-14)19(2)11-13-7-5-4-6-12(13)10-16/h4-9H,3,10-11,16H2,1-2H3. The van der Waals surface area contributed by atoms with Crippen molar-refractivity contribution in [1.29, 1.82) is 0 Å². The second kappa shape index (κ2) is 6.86. The highest BCUT2D eigenvalue weighted by Crippen LogP contribution is 2.16. The smallest absolute Gasteiger partial charge is 0.228 e. The molecule has 2 aromatic rings. The van der Waals surface area contributed by atoms with E-state index in [0.717, 1.165) is 5.56 Å². The van der Waals surface area contributed by atoms with Gasteiger partial charge in [0.1, 0.15) is 0 Å². The molecule has 20 heavy (non-hydrogen) atoms. The van der Waals surface area contributed by atoms with Crippen LogP contribution in [0.5, 0.6) is 5.88 Å². The van der Waals surface area contributed by atoms with E-state index in [9.17, 15) is 0 Å². The van der Waals surface area contributed by atoms with Crippen molar-refractivity contribution in [3.8, 4) is 5.88 Å². The van der Waals surface area contributed by atoms with Gasteiger partial charge in [0.05, 0.1) is 6.61 Å². The molecule has 5 nitrogen and oxygen atoms in total. The van der Waals surface area contributed by atoms with Gasteiger partial charge in [-0.3, -0.25) is 0 Å². The number of hydrogen-bond donors (Lipinski definition) is 1. The Balaban J connectivity index is 2.15. The predicted molar refractivity (Wildman–Crippen MR) is 79.6 cm³/mol. The topological polar surface area (TPSA) is 64.3 Å². The Morgan fingerprint density at radius 3 is 2.65 bits per heavy atom. The number of ether oxygens (including phenoxy) is 1. The van der Waals surface area contributed by atoms with Crippen molar-refractivity contribution in [1.82, 2.24) is 9.97 Å². The summed E-state index contributed by atoms with van der Waals surface area (Å²) in [5, 5.41) is 0. The third kappa shape index (κ3) is 3.45. The van der Waals surface area contributed by atoms with E-state index in [0.29, 0.717) is 31.5 Å². The zero-order valence-electron chi connectivity index (χ0n) is 11.9. The molecule has 0 saturated carbocycles. The fraction of sp³-hybridized carbons (Fsp3) is 0.333. The van der Waals surface area contributed by atoms with E-state index in [1.165, 1.54) is 5.56 Å². The Morgan fingerprint density at radius 1 is 1.20 bits per heavy atom. The number of anilines is 1. The lowest BCUT2D eigenvalue weighted by molar-refractivity contribution is 0.326. The fourth-order valence-electron chi connectivity index (χ4n) is 1.98. The van der Waals surface area contributed by atoms with Gasteiger partial charge < -0.3 is 15.4 Å². The summed E-state index contributed by atoms with van der Waals surface area (Å²) >= 11 is 0. The van der Waals surface area contributed by atoms with E-state index in [-0.39, 0.29) is 0 Å². The van der Waals surface area contributed by atoms with Crippen LogP contribution in [0, 0.1) is 0 Å². The van der Waals surface area contributed by atoms with E-state index < -0.39 is 0 Å². The van der Waals surface area contributed by atoms with Gasteiger partial charge in [0.2, 0.25) is 11.8 Å². The van der Waals surface area contributed by atoms with Crippen LogP contribution in [0.25, 0.3) is 0 Å². The summed E-state index contributed by atoms with van der Waals surface area (Å²) in [6.07, 6.45) is 1.71. The molecule has 0 fully saturated rings. The Bertz CT molecular complexity index is 559. The normalized spacial score (nSPS) is 10.3. The second-order valence-corrected chi connectivity index (χ2v) is 4.46. The fourth-order valence-corrected chi connectivity index (χ4v) is 1.98. The largest absolute Gasteiger partial charge is 0.478 e. The summed E-state index contributed by atoms with van der Waals surface area (Å²) in [6.45, 7) is 3.77. The van der Waals surface area contributed by atoms with Crippen LogP contribution < -0.4 is 15.4 Å². The molecular weight excluding hydrogens is 252 g/mol. The highest BCUT2D eigenvalue weighted by atomic mass is 16.5. The molecule has 1 aromatic heterocycles. The summed E-state index contributed by atoms with van der Waals surface area (Å²) in [4.78, 5) is 10.6. The average molecular weight is 272 g/mol. The summed E-state index contributed by atoms with van der Waals surface area (Å²) in [7, 11) is 1.96. The Morgan fingerprint density at radius 2 is 1.95 bits per heavy atom. The summed E-state index contributed by atoms with van der Waals surface area (Å²) in [5.74, 6) is 1.24. The van der Waals surface area contributed by atoms with Crippen molar-refractivity contribution in [2.24, 2.45) is 5.73 Å². The Kier molecular flexibility index (Phi) is 4.90. The molecule has 1 aromatic carbocycles. The van der Waals surface area contributed by atoms with Crippen molar-refractivity contribution in [2.75, 3.05) is 18.6 Å². The molecule has 0 radical (unpaired) electrons. The minimum atomic E-state index is 0.532. The summed E-state index contributed by atoms with van der Waals surface area (Å²) in [5.41, 5.74) is 8.08. The molecule has 0 aliphatic carbocycles. The SMILES string of the molecule is CCOc1ccnc(N(C)Cc2ccccc2CN)n1. The van der Waals surface area contributed by atoms with Crippen LogP contribution in [0.2, 0.25) is 0 Å². The van der Waals surface area contributed by atoms with Crippen LogP contribution in [0.3, 0.4) is 0 Å². The number of rotatable bonds is 6. The van der Waals surface area contributed by atoms with E-state index in [2.05, 4.69) is 16.0 Å². The van der Waals surface area contributed by atoms with Gasteiger partial charge in [0.15, 0.2) is 0 Å². The van der Waals surface area contributed by atoms with Crippen molar-refractivity contribution < 1.29 is 4.74 Å². The van der Waals surface area contributed by atoms with Crippen LogP contribution in [0.15, 0.2) is 36.5 Å². The van der Waals surface area contributed by atoms with Gasteiger partial charge in [-0.2, -0.15) is 4.98 Å². The minimum absolute atomic E-state index is 0.532. The van der Waals surface area contributed by atoms with Crippen LogP contribution in [-0.4, -0.2) is 23.6 Å². The van der Waals surface area contributed by atoms with Gasteiger partial charge in [-0.05, 0) is 18.1 Å². The zero-order chi connectivity index (χ0) is 14.4. The van der Waals surface area contributed by atoms with Crippen LogP contribution in [0.4, 0.5) is 5.95 Å². The lowest BCUT2D eigenvalue weighted by Gasteiger charge is -2.19. The molecule has 5 heteroatoms. The first kappa shape index (κ1) is 14.3. The van der Waals surface area contributed by atoms with E-state index in [1.807, 2.05) is 37.1 Å². The lowest BCUT2D eigenvalue weighted by Crippen LogP contribution is -2.20. The molecule has 0 amide bonds. The number of hydrogen-bond acceptors (Lipinski definition) is 5. The van der Waals surface area contributed by atoms with Gasteiger partial charge in [0.25, 0.3) is 0 Å². The molecule has 0 aliphatic heterocycles. The molecule has 0 unspecified atom stereocenters. The van der Waals surface area contributed by atoms with Crippen molar-refractivity contribution in [2.45, 2.75) is 20.0 Å². The second-order valence-electron chi connectivity index (χ2n) is 4.46. The Labute approximate surface area is 119 Å². The molecule has 2 N–H and O–H groups in total. The van der Waals surface area contributed by atoms with Crippen molar-refractivity contribution >= 4 is 5.95 Å². The zero-order valence-corrected chi connectivity index (χ0v) is 11.9. The predicted octanol–water partition coefficient (Wildman–Crippen LogP) is 1.97. The Hall–Kier alpha value is -2.14.